The molecule has 0 aromatic heterocycles. The monoisotopic (exact) mass is 400 g/mol. The van der Waals surface area contributed by atoms with Gasteiger partial charge in [-0.2, -0.15) is 16.1 Å². The first-order valence-electron chi connectivity index (χ1n) is 8.83. The fourth-order valence-electron chi connectivity index (χ4n) is 2.21. The molecule has 1 rings (SSSR count). The standard InChI is InChI=1S/C18H32N4O2S2/c1-15(2)22(4)26(23,24)17-10-8-16(9-11-17)14-21-18(19-3)20-12-6-7-13-25-5/h8-11,15H,6-7,12-14H2,1-5H3,(H2,19,20,21). The van der Waals surface area contributed by atoms with Crippen molar-refractivity contribution in [2.24, 2.45) is 4.99 Å². The summed E-state index contributed by atoms with van der Waals surface area (Å²) in [7, 11) is -0.0894. The Hall–Kier alpha value is -1.25. The third-order valence-electron chi connectivity index (χ3n) is 4.08. The van der Waals surface area contributed by atoms with Crippen molar-refractivity contribution in [3.63, 3.8) is 0 Å². The van der Waals surface area contributed by atoms with Crippen molar-refractivity contribution in [2.75, 3.05) is 32.6 Å². The van der Waals surface area contributed by atoms with E-state index in [0.717, 1.165) is 24.5 Å². The predicted octanol–water partition coefficient (Wildman–Crippen LogP) is 2.52. The van der Waals surface area contributed by atoms with Crippen LogP contribution in [0.3, 0.4) is 0 Å². The number of unbranched alkanes of at least 4 members (excludes halogenated alkanes) is 1. The normalized spacial score (nSPS) is 12.7. The molecule has 1 aromatic rings. The Kier molecular flexibility index (Phi) is 10.0. The highest BCUT2D eigenvalue weighted by Gasteiger charge is 2.22. The van der Waals surface area contributed by atoms with E-state index in [0.29, 0.717) is 11.4 Å². The van der Waals surface area contributed by atoms with Gasteiger partial charge in [0.25, 0.3) is 0 Å². The van der Waals surface area contributed by atoms with Crippen LogP contribution in [0.4, 0.5) is 0 Å². The molecule has 0 heterocycles. The number of thioether (sulfide) groups is 1. The first-order valence-corrected chi connectivity index (χ1v) is 11.7. The highest BCUT2D eigenvalue weighted by Crippen LogP contribution is 2.17. The largest absolute Gasteiger partial charge is 0.356 e. The topological polar surface area (TPSA) is 73.8 Å². The van der Waals surface area contributed by atoms with Crippen LogP contribution in [0.5, 0.6) is 0 Å². The van der Waals surface area contributed by atoms with E-state index in [9.17, 15) is 8.42 Å². The SMILES string of the molecule is CN=C(NCCCCSC)NCc1ccc(S(=O)(=O)N(C)C(C)C)cc1. The van der Waals surface area contributed by atoms with Gasteiger partial charge in [-0.1, -0.05) is 12.1 Å². The molecule has 26 heavy (non-hydrogen) atoms. The van der Waals surface area contributed by atoms with E-state index in [1.165, 1.54) is 16.5 Å². The van der Waals surface area contributed by atoms with Crippen LogP contribution in [-0.2, 0) is 16.6 Å². The fourth-order valence-corrected chi connectivity index (χ4v) is 4.07. The summed E-state index contributed by atoms with van der Waals surface area (Å²) < 4.78 is 26.3. The molecule has 0 aliphatic carbocycles. The zero-order valence-corrected chi connectivity index (χ0v) is 18.1. The minimum Gasteiger partial charge on any atom is -0.356 e. The van der Waals surface area contributed by atoms with Crippen molar-refractivity contribution in [3.8, 4) is 0 Å². The highest BCUT2D eigenvalue weighted by atomic mass is 32.2. The number of nitrogens with one attached hydrogen (secondary N) is 2. The lowest BCUT2D eigenvalue weighted by Crippen LogP contribution is -2.37. The number of guanidine groups is 1. The third-order valence-corrected chi connectivity index (χ3v) is 6.82. The van der Waals surface area contributed by atoms with Crippen LogP contribution < -0.4 is 10.6 Å². The van der Waals surface area contributed by atoms with Crippen molar-refractivity contribution in [2.45, 2.75) is 44.2 Å². The Bertz CT molecular complexity index is 658. The van der Waals surface area contributed by atoms with Gasteiger partial charge in [0.05, 0.1) is 4.90 Å². The maximum absolute atomic E-state index is 12.5. The first-order chi connectivity index (χ1) is 12.3. The molecule has 0 atom stereocenters. The second-order valence-corrected chi connectivity index (χ2v) is 9.29. The number of rotatable bonds is 10. The average Bonchev–Trinajstić information content (AvgIpc) is 2.63. The average molecular weight is 401 g/mol. The summed E-state index contributed by atoms with van der Waals surface area (Å²) in [5.74, 6) is 1.93. The summed E-state index contributed by atoms with van der Waals surface area (Å²) in [5, 5.41) is 6.54. The maximum atomic E-state index is 12.5. The Morgan fingerprint density at radius 1 is 1.19 bits per heavy atom. The summed E-state index contributed by atoms with van der Waals surface area (Å²) >= 11 is 1.86. The summed E-state index contributed by atoms with van der Waals surface area (Å²) in [6.45, 7) is 5.19. The second-order valence-electron chi connectivity index (χ2n) is 6.31. The minimum atomic E-state index is -3.44. The van der Waals surface area contributed by atoms with Crippen LogP contribution >= 0.6 is 11.8 Å². The Balaban J connectivity index is 2.56. The molecule has 0 saturated heterocycles. The van der Waals surface area contributed by atoms with E-state index in [1.807, 2.05) is 37.7 Å². The van der Waals surface area contributed by atoms with Gasteiger partial charge in [-0.25, -0.2) is 8.42 Å². The van der Waals surface area contributed by atoms with Gasteiger partial charge in [0.2, 0.25) is 10.0 Å². The number of aliphatic imine (C=N–C) groups is 1. The second kappa shape index (κ2) is 11.5. The summed E-state index contributed by atoms with van der Waals surface area (Å²) in [6.07, 6.45) is 4.41. The quantitative estimate of drug-likeness (QED) is 0.359. The Morgan fingerprint density at radius 2 is 1.85 bits per heavy atom. The minimum absolute atomic E-state index is 0.0772. The lowest BCUT2D eigenvalue weighted by Gasteiger charge is -2.21. The van der Waals surface area contributed by atoms with E-state index in [1.54, 1.807) is 26.2 Å². The highest BCUT2D eigenvalue weighted by molar-refractivity contribution is 7.98. The molecule has 148 valence electrons. The number of nitrogens with zero attached hydrogens (tertiary/aromatic N) is 2. The van der Waals surface area contributed by atoms with Crippen molar-refractivity contribution in [3.05, 3.63) is 29.8 Å². The van der Waals surface area contributed by atoms with Gasteiger partial charge < -0.3 is 10.6 Å². The van der Waals surface area contributed by atoms with Crippen LogP contribution in [-0.4, -0.2) is 57.4 Å². The Morgan fingerprint density at radius 3 is 2.38 bits per heavy atom. The van der Waals surface area contributed by atoms with Crippen molar-refractivity contribution in [1.82, 2.24) is 14.9 Å². The first kappa shape index (κ1) is 22.8. The zero-order valence-electron chi connectivity index (χ0n) is 16.4. The number of benzene rings is 1. The molecule has 0 spiro atoms. The smallest absolute Gasteiger partial charge is 0.243 e. The molecule has 0 unspecified atom stereocenters. The van der Waals surface area contributed by atoms with Gasteiger partial charge in [0.1, 0.15) is 0 Å². The zero-order chi connectivity index (χ0) is 19.6. The molecule has 0 amide bonds. The van der Waals surface area contributed by atoms with Crippen molar-refractivity contribution < 1.29 is 8.42 Å². The van der Waals surface area contributed by atoms with E-state index < -0.39 is 10.0 Å². The third kappa shape index (κ3) is 7.17. The van der Waals surface area contributed by atoms with Crippen LogP contribution in [0, 0.1) is 0 Å². The van der Waals surface area contributed by atoms with E-state index in [4.69, 9.17) is 0 Å². The molecule has 0 bridgehead atoms. The lowest BCUT2D eigenvalue weighted by atomic mass is 10.2. The molecule has 0 fully saturated rings. The van der Waals surface area contributed by atoms with Gasteiger partial charge in [-0.3, -0.25) is 4.99 Å². The predicted molar refractivity (Wildman–Crippen MR) is 112 cm³/mol. The number of hydrogen-bond donors (Lipinski definition) is 2. The number of sulfonamides is 1. The van der Waals surface area contributed by atoms with E-state index in [2.05, 4.69) is 21.9 Å². The molecule has 0 aliphatic rings. The number of hydrogen-bond acceptors (Lipinski definition) is 4. The maximum Gasteiger partial charge on any atom is 0.243 e. The summed E-state index contributed by atoms with van der Waals surface area (Å²) in [5.41, 5.74) is 1.00. The van der Waals surface area contributed by atoms with E-state index >= 15 is 0 Å². The molecule has 0 radical (unpaired) electrons. The van der Waals surface area contributed by atoms with Crippen molar-refractivity contribution >= 4 is 27.7 Å². The fraction of sp³-hybridized carbons (Fsp3) is 0.611. The van der Waals surface area contributed by atoms with Crippen LogP contribution in [0.15, 0.2) is 34.2 Å². The van der Waals surface area contributed by atoms with Gasteiger partial charge in [-0.05, 0) is 56.4 Å². The van der Waals surface area contributed by atoms with Gasteiger partial charge >= 0.3 is 0 Å². The molecule has 0 aliphatic heterocycles. The molecule has 1 aromatic carbocycles. The molecular weight excluding hydrogens is 368 g/mol. The van der Waals surface area contributed by atoms with Crippen LogP contribution in [0.2, 0.25) is 0 Å². The van der Waals surface area contributed by atoms with Crippen LogP contribution in [0.1, 0.15) is 32.3 Å². The molecular formula is C18H32N4O2S2. The summed E-state index contributed by atoms with van der Waals surface area (Å²) in [4.78, 5) is 4.52. The molecule has 2 N–H and O–H groups in total. The van der Waals surface area contributed by atoms with Gasteiger partial charge in [0.15, 0.2) is 5.96 Å². The van der Waals surface area contributed by atoms with Gasteiger partial charge in [0, 0.05) is 33.2 Å². The van der Waals surface area contributed by atoms with Crippen molar-refractivity contribution in [1.29, 1.82) is 0 Å². The molecule has 6 nitrogen and oxygen atoms in total. The molecule has 8 heteroatoms. The lowest BCUT2D eigenvalue weighted by molar-refractivity contribution is 0.410. The van der Waals surface area contributed by atoms with Crippen LogP contribution in [0.25, 0.3) is 0 Å². The van der Waals surface area contributed by atoms with E-state index in [-0.39, 0.29) is 6.04 Å². The summed E-state index contributed by atoms with van der Waals surface area (Å²) in [6, 6.07) is 6.90. The Labute approximate surface area is 162 Å². The van der Waals surface area contributed by atoms with Gasteiger partial charge in [-0.15, -0.1) is 0 Å². The molecule has 0 saturated carbocycles.